The van der Waals surface area contributed by atoms with Gasteiger partial charge in [-0.25, -0.2) is 15.0 Å². The summed E-state index contributed by atoms with van der Waals surface area (Å²) in [5, 5.41) is 8.71. The number of H-pyrrole nitrogens is 1. The van der Waals surface area contributed by atoms with Crippen LogP contribution in [0, 0.1) is 0 Å². The molecule has 8 bridgehead atoms. The summed E-state index contributed by atoms with van der Waals surface area (Å²) < 4.78 is 0. The van der Waals surface area contributed by atoms with Crippen LogP contribution in [-0.2, 0) is 0 Å². The third kappa shape index (κ3) is 3.04. The molecule has 3 N–H and O–H groups in total. The van der Waals surface area contributed by atoms with E-state index in [1.54, 1.807) is 0 Å². The predicted molar refractivity (Wildman–Crippen MR) is 122 cm³/mol. The first-order valence-electron chi connectivity index (χ1n) is 9.79. The van der Waals surface area contributed by atoms with Gasteiger partial charge in [0, 0.05) is 22.8 Å². The predicted octanol–water partition coefficient (Wildman–Crippen LogP) is 2.07. The molecule has 0 radical (unpaired) electrons. The highest BCUT2D eigenvalue weighted by Crippen LogP contribution is 2.18. The first-order valence-corrected chi connectivity index (χ1v) is 9.79. The lowest BCUT2D eigenvalue weighted by atomic mass is 10.2. The van der Waals surface area contributed by atoms with Crippen LogP contribution in [-0.4, -0.2) is 22.1 Å². The van der Waals surface area contributed by atoms with Crippen LogP contribution in [0.25, 0.3) is 18.0 Å². The van der Waals surface area contributed by atoms with Gasteiger partial charge in [0.15, 0.2) is 0 Å². The van der Waals surface area contributed by atoms with Crippen LogP contribution >= 0.6 is 0 Å². The average Bonchev–Trinajstić information content (AvgIpc) is 3.51. The maximum atomic E-state index is 4.73. The molecule has 5 aliphatic heterocycles. The Morgan fingerprint density at radius 1 is 0.700 bits per heavy atom. The molecular formula is C24H18N6. The van der Waals surface area contributed by atoms with Gasteiger partial charge in [-0.05, 0) is 73.8 Å². The molecule has 144 valence electrons. The molecule has 0 aromatic carbocycles. The minimum atomic E-state index is 0.883. The van der Waals surface area contributed by atoms with E-state index >= 15 is 0 Å². The Balaban J connectivity index is 1.57. The summed E-state index contributed by atoms with van der Waals surface area (Å²) in [6.45, 7) is 2.03. The fraction of sp³-hybridized carbons (Fsp3) is 0.0417. The zero-order valence-electron chi connectivity index (χ0n) is 16.3. The van der Waals surface area contributed by atoms with Crippen molar-refractivity contribution in [3.05, 3.63) is 99.9 Å². The molecule has 6 rings (SSSR count). The zero-order chi connectivity index (χ0) is 20.1. The van der Waals surface area contributed by atoms with Crippen molar-refractivity contribution >= 4 is 35.1 Å². The van der Waals surface area contributed by atoms with E-state index in [2.05, 4.69) is 32.8 Å². The van der Waals surface area contributed by atoms with Crippen molar-refractivity contribution in [2.45, 2.75) is 6.92 Å². The average molecular weight is 390 g/mol. The summed E-state index contributed by atoms with van der Waals surface area (Å²) in [6.07, 6.45) is 22.1. The smallest absolute Gasteiger partial charge is 0.117 e. The summed E-state index contributed by atoms with van der Waals surface area (Å²) >= 11 is 0. The fourth-order valence-electron chi connectivity index (χ4n) is 3.76. The maximum absolute atomic E-state index is 4.73. The molecule has 0 saturated heterocycles. The Hall–Kier alpha value is -4.19. The molecule has 5 aliphatic rings. The third-order valence-corrected chi connectivity index (χ3v) is 5.13. The summed E-state index contributed by atoms with van der Waals surface area (Å²) in [4.78, 5) is 17.6. The monoisotopic (exact) mass is 390 g/mol. The third-order valence-electron chi connectivity index (χ3n) is 5.13. The lowest BCUT2D eigenvalue weighted by molar-refractivity contribution is 1.07. The Morgan fingerprint density at radius 2 is 1.30 bits per heavy atom. The van der Waals surface area contributed by atoms with Gasteiger partial charge in [-0.1, -0.05) is 0 Å². The maximum Gasteiger partial charge on any atom is 0.117 e. The molecule has 0 aliphatic carbocycles. The lowest BCUT2D eigenvalue weighted by Gasteiger charge is -1.99. The van der Waals surface area contributed by atoms with Gasteiger partial charge < -0.3 is 15.6 Å². The zero-order valence-corrected chi connectivity index (χ0v) is 16.3. The second kappa shape index (κ2) is 6.42. The van der Waals surface area contributed by atoms with Crippen LogP contribution in [0.2, 0.25) is 0 Å². The van der Waals surface area contributed by atoms with E-state index in [0.717, 1.165) is 62.0 Å². The summed E-state index contributed by atoms with van der Waals surface area (Å²) in [5.41, 5.74) is 7.37. The van der Waals surface area contributed by atoms with Crippen molar-refractivity contribution in [1.82, 2.24) is 15.6 Å². The quantitative estimate of drug-likeness (QED) is 0.634. The number of aromatic nitrogens is 1. The van der Waals surface area contributed by atoms with E-state index < -0.39 is 0 Å². The van der Waals surface area contributed by atoms with Gasteiger partial charge in [0.1, 0.15) is 5.82 Å². The van der Waals surface area contributed by atoms with Crippen LogP contribution in [0.3, 0.4) is 0 Å². The van der Waals surface area contributed by atoms with E-state index in [0.29, 0.717) is 0 Å². The van der Waals surface area contributed by atoms with Gasteiger partial charge in [0.2, 0.25) is 0 Å². The Bertz CT molecular complexity index is 1420. The Labute approximate surface area is 172 Å². The number of allylic oxidation sites excluding steroid dienone is 9. The Morgan fingerprint density at radius 3 is 1.90 bits per heavy atom. The van der Waals surface area contributed by atoms with Crippen molar-refractivity contribution in [3.8, 4) is 0 Å². The summed E-state index contributed by atoms with van der Waals surface area (Å²) in [6, 6.07) is 2.12. The Kier molecular flexibility index (Phi) is 3.58. The highest BCUT2D eigenvalue weighted by atomic mass is 15.1. The highest BCUT2D eigenvalue weighted by molar-refractivity contribution is 6.20. The van der Waals surface area contributed by atoms with Crippen molar-refractivity contribution in [1.29, 1.82) is 0 Å². The molecule has 0 saturated carbocycles. The lowest BCUT2D eigenvalue weighted by Crippen LogP contribution is -2.32. The number of aliphatic imine (C=N–C) groups is 3. The number of fused-ring (bicyclic) bond motifs is 5. The van der Waals surface area contributed by atoms with Gasteiger partial charge in [-0.2, -0.15) is 0 Å². The highest BCUT2D eigenvalue weighted by Gasteiger charge is 2.12. The number of rotatable bonds is 0. The van der Waals surface area contributed by atoms with Gasteiger partial charge in [-0.15, -0.1) is 0 Å². The van der Waals surface area contributed by atoms with Gasteiger partial charge in [-0.3, -0.25) is 0 Å². The van der Waals surface area contributed by atoms with E-state index in [1.165, 1.54) is 0 Å². The topological polar surface area (TPSA) is 76.9 Å². The van der Waals surface area contributed by atoms with Crippen LogP contribution in [0.5, 0.6) is 0 Å². The molecule has 1 aromatic heterocycles. The second-order valence-electron chi connectivity index (χ2n) is 7.49. The first-order chi connectivity index (χ1) is 14.7. The van der Waals surface area contributed by atoms with Crippen molar-refractivity contribution in [3.63, 3.8) is 0 Å². The van der Waals surface area contributed by atoms with E-state index in [9.17, 15) is 0 Å². The molecule has 6 nitrogen and oxygen atoms in total. The van der Waals surface area contributed by atoms with E-state index in [4.69, 9.17) is 9.98 Å². The minimum Gasteiger partial charge on any atom is -0.355 e. The number of nitrogens with one attached hydrogen (secondary N) is 3. The van der Waals surface area contributed by atoms with Crippen LogP contribution < -0.4 is 21.2 Å². The minimum absolute atomic E-state index is 0.883. The van der Waals surface area contributed by atoms with Crippen molar-refractivity contribution in [2.75, 3.05) is 0 Å². The molecule has 0 amide bonds. The standard InChI is InChI=1S/C24H18N6/c1-14-13-25-24(26-14)22-11-21-10-19-5-4-17(28-19)8-15-2-3-16(27-15)9-18-6-7-20(29-18)12-23(22)30-21/h2-13,25-26,30H,1H3. The van der Waals surface area contributed by atoms with Gasteiger partial charge in [0.05, 0.1) is 39.6 Å². The molecule has 0 fully saturated rings. The number of hydrogen-bond acceptors (Lipinski definition) is 5. The molecular weight excluding hydrogens is 372 g/mol. The molecule has 6 heteroatoms. The molecule has 30 heavy (non-hydrogen) atoms. The normalized spacial score (nSPS) is 22.4. The fourth-order valence-corrected chi connectivity index (χ4v) is 3.76. The first kappa shape index (κ1) is 16.7. The SMILES string of the molecule is CC1=CNC(=c2cc3[nH]c2=CC2=NC(=CC4=NC(=CC5=NC(=C3)C=C5)C=C4)C=C2)N1. The van der Waals surface area contributed by atoms with E-state index in [-0.39, 0.29) is 0 Å². The molecule has 6 heterocycles. The van der Waals surface area contributed by atoms with Crippen LogP contribution in [0.1, 0.15) is 12.6 Å². The van der Waals surface area contributed by atoms with Crippen LogP contribution in [0.4, 0.5) is 0 Å². The summed E-state index contributed by atoms with van der Waals surface area (Å²) in [7, 11) is 0. The molecule has 0 unspecified atom stereocenters. The number of aromatic amines is 1. The summed E-state index contributed by atoms with van der Waals surface area (Å²) in [5.74, 6) is 0.948. The van der Waals surface area contributed by atoms with E-state index in [1.807, 2.05) is 67.8 Å². The molecule has 0 spiro atoms. The number of nitrogens with zero attached hydrogens (tertiary/aromatic N) is 3. The number of hydrogen-bond donors (Lipinski definition) is 3. The van der Waals surface area contributed by atoms with Crippen molar-refractivity contribution < 1.29 is 0 Å². The van der Waals surface area contributed by atoms with Gasteiger partial charge >= 0.3 is 0 Å². The molecule has 0 atom stereocenters. The van der Waals surface area contributed by atoms with Crippen molar-refractivity contribution in [2.24, 2.45) is 15.0 Å². The van der Waals surface area contributed by atoms with Crippen LogP contribution in [0.15, 0.2) is 98.6 Å². The second-order valence-corrected chi connectivity index (χ2v) is 7.49. The molecule has 1 aromatic rings. The van der Waals surface area contributed by atoms with Gasteiger partial charge in [0.25, 0.3) is 0 Å². The largest absolute Gasteiger partial charge is 0.355 e.